The van der Waals surface area contributed by atoms with E-state index in [-0.39, 0.29) is 5.69 Å². The average Bonchev–Trinajstić information content (AvgIpc) is 3.35. The quantitative estimate of drug-likeness (QED) is 0.301. The van der Waals surface area contributed by atoms with Gasteiger partial charge in [-0.2, -0.15) is 5.10 Å². The molecule has 2 aromatic carbocycles. The van der Waals surface area contributed by atoms with Crippen molar-refractivity contribution in [3.63, 3.8) is 0 Å². The molecule has 0 fully saturated rings. The second kappa shape index (κ2) is 12.0. The van der Waals surface area contributed by atoms with Crippen LogP contribution in [0.5, 0.6) is 11.5 Å². The molecule has 0 spiro atoms. The number of halogens is 1. The summed E-state index contributed by atoms with van der Waals surface area (Å²) in [4.78, 5) is 26.2. The molecule has 0 aliphatic carbocycles. The summed E-state index contributed by atoms with van der Waals surface area (Å²) in [6.07, 6.45) is 2.23. The minimum atomic E-state index is -1.19. The van der Waals surface area contributed by atoms with E-state index in [4.69, 9.17) is 14.2 Å². The number of nitrogens with zero attached hydrogens (tertiary/aromatic N) is 2. The summed E-state index contributed by atoms with van der Waals surface area (Å²) in [7, 11) is 6.98. The highest BCUT2D eigenvalue weighted by atomic mass is 31.0. The largest absolute Gasteiger partial charge is 0.496 e. The van der Waals surface area contributed by atoms with Crippen molar-refractivity contribution in [1.82, 2.24) is 15.1 Å². The molecular formula is C26H31FN3O5P. The lowest BCUT2D eigenvalue weighted by Crippen LogP contribution is -2.54. The number of hydrogen-bond acceptors (Lipinski definition) is 6. The molecule has 0 aliphatic rings. The van der Waals surface area contributed by atoms with E-state index in [9.17, 15) is 14.0 Å². The van der Waals surface area contributed by atoms with Crippen molar-refractivity contribution < 1.29 is 28.2 Å². The molecule has 2 unspecified atom stereocenters. The number of ether oxygens (including phenoxy) is 3. The van der Waals surface area contributed by atoms with Gasteiger partial charge in [0.2, 0.25) is 0 Å². The Kier molecular flexibility index (Phi) is 9.04. The maximum atomic E-state index is 13.7. The standard InChI is InChI=1S/C26H31FN3O5P/c1-5-26(14-7-15-36,25(32)35-4)28-24(31)19-16-20(23-21(33-2)8-6-9-22(23)34-3)30(29-19)18-12-10-17(27)11-13-18/h6,8-13,16H,5,7,14-15,36H2,1-4H3,(H,28,31). The minimum Gasteiger partial charge on any atom is -0.496 e. The summed E-state index contributed by atoms with van der Waals surface area (Å²) < 4.78 is 31.3. The molecule has 0 bridgehead atoms. The number of carbonyl (C=O) groups is 2. The number of nitrogens with one attached hydrogen (secondary N) is 1. The van der Waals surface area contributed by atoms with Gasteiger partial charge in [0.15, 0.2) is 5.69 Å². The maximum Gasteiger partial charge on any atom is 0.331 e. The van der Waals surface area contributed by atoms with Crippen LogP contribution in [0.3, 0.4) is 0 Å². The molecule has 36 heavy (non-hydrogen) atoms. The number of methoxy groups -OCH3 is 3. The lowest BCUT2D eigenvalue weighted by Gasteiger charge is -2.30. The summed E-state index contributed by atoms with van der Waals surface area (Å²) in [5, 5.41) is 7.41. The number of esters is 1. The van der Waals surface area contributed by atoms with Crippen molar-refractivity contribution in [2.24, 2.45) is 0 Å². The summed E-state index contributed by atoms with van der Waals surface area (Å²) >= 11 is 0. The van der Waals surface area contributed by atoms with Gasteiger partial charge in [0.05, 0.1) is 38.3 Å². The Balaban J connectivity index is 2.16. The fraction of sp³-hybridized carbons (Fsp3) is 0.346. The van der Waals surface area contributed by atoms with Crippen molar-refractivity contribution in [2.45, 2.75) is 31.7 Å². The van der Waals surface area contributed by atoms with Gasteiger partial charge in [-0.15, -0.1) is 9.24 Å². The second-order valence-electron chi connectivity index (χ2n) is 8.11. The topological polar surface area (TPSA) is 91.7 Å². The smallest absolute Gasteiger partial charge is 0.331 e. The van der Waals surface area contributed by atoms with Crippen molar-refractivity contribution in [3.8, 4) is 28.4 Å². The molecule has 192 valence electrons. The zero-order valence-corrected chi connectivity index (χ0v) is 22.0. The first-order valence-electron chi connectivity index (χ1n) is 11.5. The molecule has 1 N–H and O–H groups in total. The van der Waals surface area contributed by atoms with Gasteiger partial charge in [0.25, 0.3) is 5.91 Å². The van der Waals surface area contributed by atoms with Gasteiger partial charge < -0.3 is 19.5 Å². The third-order valence-electron chi connectivity index (χ3n) is 6.04. The Morgan fingerprint density at radius 1 is 1.08 bits per heavy atom. The Bertz CT molecular complexity index is 1190. The number of rotatable bonds is 11. The number of amides is 1. The summed E-state index contributed by atoms with van der Waals surface area (Å²) in [6, 6.07) is 12.6. The zero-order chi connectivity index (χ0) is 26.3. The average molecular weight is 516 g/mol. The molecule has 3 aromatic rings. The van der Waals surface area contributed by atoms with Gasteiger partial charge in [-0.1, -0.05) is 13.0 Å². The molecule has 1 amide bonds. The van der Waals surface area contributed by atoms with E-state index in [1.54, 1.807) is 36.4 Å². The van der Waals surface area contributed by atoms with Gasteiger partial charge in [-0.3, -0.25) is 4.79 Å². The lowest BCUT2D eigenvalue weighted by atomic mass is 9.90. The van der Waals surface area contributed by atoms with Crippen molar-refractivity contribution in [3.05, 3.63) is 60.0 Å². The molecule has 10 heteroatoms. The molecule has 1 aromatic heterocycles. The minimum absolute atomic E-state index is 0.0647. The van der Waals surface area contributed by atoms with E-state index < -0.39 is 23.2 Å². The van der Waals surface area contributed by atoms with E-state index in [1.165, 1.54) is 38.1 Å². The molecule has 0 saturated heterocycles. The monoisotopic (exact) mass is 515 g/mol. The van der Waals surface area contributed by atoms with Crippen LogP contribution in [0.4, 0.5) is 4.39 Å². The fourth-order valence-corrected chi connectivity index (χ4v) is 4.26. The predicted molar refractivity (Wildman–Crippen MR) is 138 cm³/mol. The van der Waals surface area contributed by atoms with Crippen molar-refractivity contribution >= 4 is 21.1 Å². The summed E-state index contributed by atoms with van der Waals surface area (Å²) in [5.41, 5.74) is 0.456. The predicted octanol–water partition coefficient (Wildman–Crippen LogP) is 4.40. The van der Waals surface area contributed by atoms with E-state index in [1.807, 2.05) is 6.92 Å². The first kappa shape index (κ1) is 27.1. The van der Waals surface area contributed by atoms with E-state index in [0.29, 0.717) is 47.7 Å². The van der Waals surface area contributed by atoms with Crippen LogP contribution in [0.15, 0.2) is 48.5 Å². The van der Waals surface area contributed by atoms with Crippen LogP contribution >= 0.6 is 9.24 Å². The van der Waals surface area contributed by atoms with Gasteiger partial charge in [0.1, 0.15) is 22.9 Å². The number of benzene rings is 2. The maximum absolute atomic E-state index is 13.7. The fourth-order valence-electron chi connectivity index (χ4n) is 4.06. The summed E-state index contributed by atoms with van der Waals surface area (Å²) in [6.45, 7) is 1.82. The van der Waals surface area contributed by atoms with Crippen LogP contribution in [0.1, 0.15) is 36.7 Å². The number of hydrogen-bond donors (Lipinski definition) is 1. The first-order valence-corrected chi connectivity index (χ1v) is 12.3. The van der Waals surface area contributed by atoms with Crippen LogP contribution in [0, 0.1) is 5.82 Å². The van der Waals surface area contributed by atoms with E-state index in [0.717, 1.165) is 6.16 Å². The Morgan fingerprint density at radius 3 is 2.25 bits per heavy atom. The highest BCUT2D eigenvalue weighted by Crippen LogP contribution is 2.39. The van der Waals surface area contributed by atoms with Gasteiger partial charge in [-0.05, 0) is 67.9 Å². The molecule has 0 radical (unpaired) electrons. The molecule has 1 heterocycles. The van der Waals surface area contributed by atoms with Gasteiger partial charge in [0, 0.05) is 0 Å². The van der Waals surface area contributed by atoms with Crippen LogP contribution in [-0.4, -0.2) is 54.7 Å². The molecular weight excluding hydrogens is 484 g/mol. The summed E-state index contributed by atoms with van der Waals surface area (Å²) in [5.74, 6) is -0.450. The third-order valence-corrected chi connectivity index (χ3v) is 6.45. The van der Waals surface area contributed by atoms with Crippen molar-refractivity contribution in [2.75, 3.05) is 27.5 Å². The Morgan fingerprint density at radius 2 is 1.72 bits per heavy atom. The highest BCUT2D eigenvalue weighted by Gasteiger charge is 2.39. The molecule has 0 saturated carbocycles. The number of aromatic nitrogens is 2. The van der Waals surface area contributed by atoms with Crippen molar-refractivity contribution in [1.29, 1.82) is 0 Å². The van der Waals surface area contributed by atoms with E-state index >= 15 is 0 Å². The Hall–Kier alpha value is -3.45. The normalized spacial score (nSPS) is 12.5. The SMILES string of the molecule is CCC(CCCP)(NC(=O)c1cc(-c2c(OC)cccc2OC)n(-c2ccc(F)cc2)n1)C(=O)OC. The van der Waals surface area contributed by atoms with Crippen LogP contribution in [0.2, 0.25) is 0 Å². The van der Waals surface area contributed by atoms with Crippen LogP contribution < -0.4 is 14.8 Å². The number of carbonyl (C=O) groups excluding carboxylic acids is 2. The molecule has 2 atom stereocenters. The van der Waals surface area contributed by atoms with Gasteiger partial charge in [-0.25, -0.2) is 13.9 Å². The van der Waals surface area contributed by atoms with Crippen LogP contribution in [-0.2, 0) is 9.53 Å². The zero-order valence-electron chi connectivity index (χ0n) is 20.8. The highest BCUT2D eigenvalue weighted by molar-refractivity contribution is 7.16. The molecule has 3 rings (SSSR count). The lowest BCUT2D eigenvalue weighted by molar-refractivity contribution is -0.148. The van der Waals surface area contributed by atoms with Gasteiger partial charge >= 0.3 is 5.97 Å². The Labute approximate surface area is 212 Å². The third kappa shape index (κ3) is 5.51. The second-order valence-corrected chi connectivity index (χ2v) is 8.69. The first-order chi connectivity index (χ1) is 17.3. The van der Waals surface area contributed by atoms with E-state index in [2.05, 4.69) is 19.7 Å². The van der Waals surface area contributed by atoms with Crippen LogP contribution in [0.25, 0.3) is 16.9 Å². The molecule has 0 aliphatic heterocycles. The molecule has 8 nitrogen and oxygen atoms in total.